The first-order chi connectivity index (χ1) is 15.1. The van der Waals surface area contributed by atoms with Gasteiger partial charge >= 0.3 is 0 Å². The van der Waals surface area contributed by atoms with Gasteiger partial charge in [0, 0.05) is 12.6 Å². The zero-order valence-electron chi connectivity index (χ0n) is 17.3. The van der Waals surface area contributed by atoms with Crippen LogP contribution in [-0.2, 0) is 4.79 Å². The van der Waals surface area contributed by atoms with Crippen molar-refractivity contribution in [2.75, 3.05) is 26.7 Å². The molecule has 31 heavy (non-hydrogen) atoms. The van der Waals surface area contributed by atoms with E-state index in [9.17, 15) is 9.59 Å². The number of hydrogen-bond acceptors (Lipinski definition) is 4. The number of nitrogens with zero attached hydrogens (tertiary/aromatic N) is 1. The summed E-state index contributed by atoms with van der Waals surface area (Å²) < 4.78 is 11.6. The molecule has 0 fully saturated rings. The van der Waals surface area contributed by atoms with E-state index in [1.54, 1.807) is 24.1 Å². The lowest BCUT2D eigenvalue weighted by Crippen LogP contribution is -2.45. The fraction of sp³-hybridized carbons (Fsp3) is 0.200. The molecular weight excluding hydrogens is 392 g/mol. The molecule has 1 aliphatic rings. The van der Waals surface area contributed by atoms with E-state index in [-0.39, 0.29) is 24.5 Å². The first kappa shape index (κ1) is 20.5. The van der Waals surface area contributed by atoms with Crippen molar-refractivity contribution >= 4 is 11.8 Å². The number of rotatable bonds is 6. The maximum Gasteiger partial charge on any atom is 0.251 e. The van der Waals surface area contributed by atoms with Crippen LogP contribution in [0.1, 0.15) is 10.4 Å². The van der Waals surface area contributed by atoms with E-state index in [0.717, 1.165) is 11.1 Å². The molecule has 0 saturated heterocycles. The first-order valence-corrected chi connectivity index (χ1v) is 10.2. The second-order valence-corrected chi connectivity index (χ2v) is 7.40. The van der Waals surface area contributed by atoms with Gasteiger partial charge in [-0.1, -0.05) is 54.6 Å². The summed E-state index contributed by atoms with van der Waals surface area (Å²) in [7, 11) is 1.69. The van der Waals surface area contributed by atoms with Crippen molar-refractivity contribution in [1.82, 2.24) is 10.2 Å². The average molecular weight is 416 g/mol. The summed E-state index contributed by atoms with van der Waals surface area (Å²) in [5.74, 6) is 0.898. The molecule has 0 spiro atoms. The summed E-state index contributed by atoms with van der Waals surface area (Å²) in [6.07, 6.45) is -0.259. The van der Waals surface area contributed by atoms with E-state index >= 15 is 0 Å². The number of benzene rings is 3. The summed E-state index contributed by atoms with van der Waals surface area (Å²) in [6.45, 7) is 0.656. The van der Waals surface area contributed by atoms with Crippen molar-refractivity contribution in [2.45, 2.75) is 6.10 Å². The molecule has 0 radical (unpaired) electrons. The van der Waals surface area contributed by atoms with Gasteiger partial charge in [0.1, 0.15) is 6.61 Å². The lowest BCUT2D eigenvalue weighted by atomic mass is 10.0. The molecule has 0 aliphatic carbocycles. The van der Waals surface area contributed by atoms with Crippen LogP contribution in [0.2, 0.25) is 0 Å². The monoisotopic (exact) mass is 416 g/mol. The summed E-state index contributed by atoms with van der Waals surface area (Å²) in [5.41, 5.74) is 2.63. The zero-order chi connectivity index (χ0) is 21.6. The molecule has 3 aromatic carbocycles. The molecule has 158 valence electrons. The van der Waals surface area contributed by atoms with Gasteiger partial charge in [-0.25, -0.2) is 0 Å². The Morgan fingerprint density at radius 2 is 1.55 bits per heavy atom. The minimum atomic E-state index is -0.285. The Morgan fingerprint density at radius 1 is 0.903 bits per heavy atom. The highest BCUT2D eigenvalue weighted by molar-refractivity contribution is 5.96. The quantitative estimate of drug-likeness (QED) is 0.669. The van der Waals surface area contributed by atoms with E-state index in [2.05, 4.69) is 5.32 Å². The lowest BCUT2D eigenvalue weighted by molar-refractivity contribution is -0.130. The second-order valence-electron chi connectivity index (χ2n) is 7.40. The number of carbonyl (C=O) groups excluding carboxylic acids is 2. The van der Waals surface area contributed by atoms with E-state index < -0.39 is 0 Å². The van der Waals surface area contributed by atoms with Crippen molar-refractivity contribution < 1.29 is 19.1 Å². The Bertz CT molecular complexity index is 1050. The molecule has 2 amide bonds. The Labute approximate surface area is 181 Å². The number of para-hydroxylation sites is 2. The summed E-state index contributed by atoms with van der Waals surface area (Å²) in [5, 5.41) is 2.69. The smallest absolute Gasteiger partial charge is 0.251 e. The number of amides is 2. The third-order valence-electron chi connectivity index (χ3n) is 5.13. The second kappa shape index (κ2) is 9.34. The minimum Gasteiger partial charge on any atom is -0.486 e. The predicted molar refractivity (Wildman–Crippen MR) is 118 cm³/mol. The van der Waals surface area contributed by atoms with Crippen LogP contribution in [0.15, 0.2) is 78.9 Å². The van der Waals surface area contributed by atoms with Crippen LogP contribution >= 0.6 is 0 Å². The van der Waals surface area contributed by atoms with Crippen LogP contribution in [-0.4, -0.2) is 49.6 Å². The maximum atomic E-state index is 12.5. The van der Waals surface area contributed by atoms with Crippen LogP contribution in [0.4, 0.5) is 0 Å². The van der Waals surface area contributed by atoms with Gasteiger partial charge in [0.2, 0.25) is 5.91 Å². The molecule has 0 aromatic heterocycles. The highest BCUT2D eigenvalue weighted by Crippen LogP contribution is 2.30. The lowest BCUT2D eigenvalue weighted by Gasteiger charge is -2.29. The number of carbonyl (C=O) groups is 2. The first-order valence-electron chi connectivity index (χ1n) is 10.2. The Hall–Kier alpha value is -3.80. The Morgan fingerprint density at radius 3 is 2.29 bits per heavy atom. The summed E-state index contributed by atoms with van der Waals surface area (Å²) in [6, 6.07) is 24.7. The normalized spacial score (nSPS) is 14.5. The molecular formula is C25H24N2O4. The van der Waals surface area contributed by atoms with Gasteiger partial charge in [-0.15, -0.1) is 0 Å². The molecule has 6 heteroatoms. The van der Waals surface area contributed by atoms with Crippen molar-refractivity contribution in [3.05, 3.63) is 84.4 Å². The van der Waals surface area contributed by atoms with Crippen molar-refractivity contribution in [3.63, 3.8) is 0 Å². The third-order valence-corrected chi connectivity index (χ3v) is 5.13. The fourth-order valence-corrected chi connectivity index (χ4v) is 3.40. The minimum absolute atomic E-state index is 0.0834. The standard InChI is InChI=1S/C25H24N2O4/c1-27(16-21-17-30-22-9-5-6-10-23(22)31-21)24(28)15-26-25(29)20-13-11-19(12-14-20)18-7-3-2-4-8-18/h2-14,21H,15-17H2,1H3,(H,26,29)/t21-/m0/s1. The molecule has 0 saturated carbocycles. The van der Waals surface area contributed by atoms with Gasteiger partial charge in [0.15, 0.2) is 17.6 Å². The van der Waals surface area contributed by atoms with Crippen LogP contribution in [0.5, 0.6) is 11.5 Å². The van der Waals surface area contributed by atoms with E-state index in [4.69, 9.17) is 9.47 Å². The summed E-state index contributed by atoms with van der Waals surface area (Å²) in [4.78, 5) is 26.4. The van der Waals surface area contributed by atoms with E-state index in [1.807, 2.05) is 66.7 Å². The molecule has 1 heterocycles. The molecule has 1 N–H and O–H groups in total. The fourth-order valence-electron chi connectivity index (χ4n) is 3.40. The molecule has 3 aromatic rings. The average Bonchev–Trinajstić information content (AvgIpc) is 2.83. The van der Waals surface area contributed by atoms with E-state index in [1.165, 1.54) is 0 Å². The Kier molecular flexibility index (Phi) is 6.17. The maximum absolute atomic E-state index is 12.5. The van der Waals surface area contributed by atoms with Gasteiger partial charge in [-0.3, -0.25) is 9.59 Å². The van der Waals surface area contributed by atoms with Gasteiger partial charge in [-0.2, -0.15) is 0 Å². The van der Waals surface area contributed by atoms with Gasteiger partial charge in [0.05, 0.1) is 13.1 Å². The number of fused-ring (bicyclic) bond motifs is 1. The molecule has 0 unspecified atom stereocenters. The van der Waals surface area contributed by atoms with Crippen molar-refractivity contribution in [1.29, 1.82) is 0 Å². The molecule has 0 bridgehead atoms. The zero-order valence-corrected chi connectivity index (χ0v) is 17.3. The topological polar surface area (TPSA) is 67.9 Å². The molecule has 4 rings (SSSR count). The van der Waals surface area contributed by atoms with E-state index in [0.29, 0.717) is 30.2 Å². The number of likely N-dealkylation sites (N-methyl/N-ethyl adjacent to an activating group) is 1. The number of hydrogen-bond donors (Lipinski definition) is 1. The molecule has 1 aliphatic heterocycles. The van der Waals surface area contributed by atoms with Gasteiger partial charge in [-0.05, 0) is 35.4 Å². The third kappa shape index (κ3) is 5.04. The van der Waals surface area contributed by atoms with Crippen LogP contribution in [0.25, 0.3) is 11.1 Å². The highest BCUT2D eigenvalue weighted by Gasteiger charge is 2.23. The summed E-state index contributed by atoms with van der Waals surface area (Å²) >= 11 is 0. The van der Waals surface area contributed by atoms with Gasteiger partial charge in [0.25, 0.3) is 5.91 Å². The number of ether oxygens (including phenoxy) is 2. The van der Waals surface area contributed by atoms with Crippen LogP contribution in [0, 0.1) is 0 Å². The molecule has 1 atom stereocenters. The van der Waals surface area contributed by atoms with Crippen LogP contribution < -0.4 is 14.8 Å². The van der Waals surface area contributed by atoms with Crippen molar-refractivity contribution in [2.24, 2.45) is 0 Å². The largest absolute Gasteiger partial charge is 0.486 e. The SMILES string of the molecule is CN(C[C@H]1COc2ccccc2O1)C(=O)CNC(=O)c1ccc(-c2ccccc2)cc1. The van der Waals surface area contributed by atoms with Crippen LogP contribution in [0.3, 0.4) is 0 Å². The van der Waals surface area contributed by atoms with Crippen molar-refractivity contribution in [3.8, 4) is 22.6 Å². The van der Waals surface area contributed by atoms with Gasteiger partial charge < -0.3 is 19.7 Å². The number of nitrogens with one attached hydrogen (secondary N) is 1. The highest BCUT2D eigenvalue weighted by atomic mass is 16.6. The molecule has 6 nitrogen and oxygen atoms in total. The Balaban J connectivity index is 1.27. The predicted octanol–water partition coefficient (Wildman–Crippen LogP) is 3.38.